The third kappa shape index (κ3) is 6.24. The monoisotopic (exact) mass is 545 g/mol. The smallest absolute Gasteiger partial charge is 0.296 e. The molecule has 0 aliphatic carbocycles. The number of phenols is 1. The molecular formula is C23H23N5O7S2. The second kappa shape index (κ2) is 10.6. The Balaban J connectivity index is 2.28. The molecule has 0 bridgehead atoms. The molecule has 3 aromatic carbocycles. The molecule has 0 spiro atoms. The van der Waals surface area contributed by atoms with Gasteiger partial charge in [0.05, 0.1) is 16.8 Å². The van der Waals surface area contributed by atoms with Crippen LogP contribution in [0.1, 0.15) is 19.4 Å². The SMILES string of the molecule is C/C=C\C=C(/C)N=Nc1ccc2cc(S(=O)(=O)O)c(N=Nc3cc(C)ccc3S(=O)(=O)O)c(O)c2c1N. The van der Waals surface area contributed by atoms with Gasteiger partial charge in [-0.25, -0.2) is 0 Å². The molecule has 194 valence electrons. The molecule has 3 aromatic rings. The first-order valence-electron chi connectivity index (χ1n) is 10.5. The van der Waals surface area contributed by atoms with E-state index in [-0.39, 0.29) is 27.8 Å². The highest BCUT2D eigenvalue weighted by molar-refractivity contribution is 7.86. The van der Waals surface area contributed by atoms with Crippen LogP contribution in [-0.4, -0.2) is 31.0 Å². The van der Waals surface area contributed by atoms with E-state index in [4.69, 9.17) is 5.73 Å². The third-order valence-corrected chi connectivity index (χ3v) is 6.78. The molecule has 0 radical (unpaired) electrons. The number of nitrogens with zero attached hydrogens (tertiary/aromatic N) is 4. The van der Waals surface area contributed by atoms with Gasteiger partial charge in [-0.2, -0.15) is 21.9 Å². The lowest BCUT2D eigenvalue weighted by molar-refractivity contribution is 0.472. The predicted octanol–water partition coefficient (Wildman–Crippen LogP) is 5.91. The number of fused-ring (bicyclic) bond motifs is 1. The first-order valence-corrected chi connectivity index (χ1v) is 13.4. The number of nitrogen functional groups attached to an aromatic ring is 1. The lowest BCUT2D eigenvalue weighted by Gasteiger charge is -2.12. The number of rotatable bonds is 7. The number of allylic oxidation sites excluding steroid dienone is 4. The first kappa shape index (κ1) is 27.6. The normalized spacial score (nSPS) is 13.5. The fraction of sp³-hybridized carbons (Fsp3) is 0.130. The number of hydrogen-bond donors (Lipinski definition) is 4. The number of benzene rings is 3. The Morgan fingerprint density at radius 1 is 0.919 bits per heavy atom. The predicted molar refractivity (Wildman–Crippen MR) is 138 cm³/mol. The van der Waals surface area contributed by atoms with E-state index in [0.717, 1.165) is 12.1 Å². The average Bonchev–Trinajstić information content (AvgIpc) is 2.79. The zero-order valence-corrected chi connectivity index (χ0v) is 21.5. The van der Waals surface area contributed by atoms with E-state index in [1.54, 1.807) is 32.1 Å². The van der Waals surface area contributed by atoms with Crippen LogP contribution in [0.4, 0.5) is 22.7 Å². The van der Waals surface area contributed by atoms with Crippen LogP contribution in [0.25, 0.3) is 10.8 Å². The van der Waals surface area contributed by atoms with Gasteiger partial charge in [-0.15, -0.1) is 15.3 Å². The van der Waals surface area contributed by atoms with Crippen LogP contribution in [-0.2, 0) is 20.2 Å². The van der Waals surface area contributed by atoms with Crippen molar-refractivity contribution in [3.05, 3.63) is 65.9 Å². The summed E-state index contributed by atoms with van der Waals surface area (Å²) in [5.41, 5.74) is 6.37. The molecule has 0 saturated heterocycles. The number of nitrogens with two attached hydrogens (primary N) is 1. The van der Waals surface area contributed by atoms with Crippen LogP contribution in [0.2, 0.25) is 0 Å². The summed E-state index contributed by atoms with van der Waals surface area (Å²) in [6, 6.07) is 7.65. The number of aryl methyl sites for hydroxylation is 1. The summed E-state index contributed by atoms with van der Waals surface area (Å²) in [5.74, 6) is -0.759. The molecule has 5 N–H and O–H groups in total. The lowest BCUT2D eigenvalue weighted by atomic mass is 10.1. The summed E-state index contributed by atoms with van der Waals surface area (Å²) >= 11 is 0. The highest BCUT2D eigenvalue weighted by atomic mass is 32.2. The van der Waals surface area contributed by atoms with E-state index in [1.165, 1.54) is 24.3 Å². The van der Waals surface area contributed by atoms with Gasteiger partial charge in [-0.05, 0) is 62.1 Å². The minimum absolute atomic E-state index is 0.0490. The summed E-state index contributed by atoms with van der Waals surface area (Å²) in [6.45, 7) is 5.17. The van der Waals surface area contributed by atoms with Crippen molar-refractivity contribution in [3.63, 3.8) is 0 Å². The van der Waals surface area contributed by atoms with Crippen LogP contribution in [0.3, 0.4) is 0 Å². The van der Waals surface area contributed by atoms with Crippen molar-refractivity contribution in [2.75, 3.05) is 5.73 Å². The molecule has 0 amide bonds. The van der Waals surface area contributed by atoms with Gasteiger partial charge in [0.1, 0.15) is 26.9 Å². The topological polar surface area (TPSA) is 204 Å². The van der Waals surface area contributed by atoms with Crippen LogP contribution >= 0.6 is 0 Å². The van der Waals surface area contributed by atoms with Gasteiger partial charge < -0.3 is 10.8 Å². The molecule has 0 heterocycles. The van der Waals surface area contributed by atoms with Crippen molar-refractivity contribution in [3.8, 4) is 5.75 Å². The summed E-state index contributed by atoms with van der Waals surface area (Å²) in [6.07, 6.45) is 5.28. The zero-order valence-electron chi connectivity index (χ0n) is 19.9. The molecular weight excluding hydrogens is 522 g/mol. The summed E-state index contributed by atoms with van der Waals surface area (Å²) in [4.78, 5) is -1.40. The molecule has 3 rings (SSSR count). The van der Waals surface area contributed by atoms with Crippen molar-refractivity contribution in [2.45, 2.75) is 30.6 Å². The maximum absolute atomic E-state index is 12.1. The minimum atomic E-state index is -4.93. The van der Waals surface area contributed by atoms with E-state index in [2.05, 4.69) is 20.5 Å². The Labute approximate surface area is 213 Å². The molecule has 0 aliphatic rings. The van der Waals surface area contributed by atoms with Crippen LogP contribution in [0, 0.1) is 6.92 Å². The Kier molecular flexibility index (Phi) is 7.88. The number of hydrogen-bond acceptors (Lipinski definition) is 10. The maximum atomic E-state index is 12.1. The largest absolute Gasteiger partial charge is 0.505 e. The average molecular weight is 546 g/mol. The van der Waals surface area contributed by atoms with E-state index < -0.39 is 41.5 Å². The summed E-state index contributed by atoms with van der Waals surface area (Å²) in [5, 5.41) is 26.6. The van der Waals surface area contributed by atoms with Crippen LogP contribution < -0.4 is 5.73 Å². The fourth-order valence-corrected chi connectivity index (χ4v) is 4.53. The van der Waals surface area contributed by atoms with E-state index in [1.807, 2.05) is 6.92 Å². The Morgan fingerprint density at radius 2 is 1.59 bits per heavy atom. The number of anilines is 1. The lowest BCUT2D eigenvalue weighted by Crippen LogP contribution is -2.00. The molecule has 12 nitrogen and oxygen atoms in total. The third-order valence-electron chi connectivity index (χ3n) is 5.01. The molecule has 0 fully saturated rings. The molecule has 37 heavy (non-hydrogen) atoms. The zero-order chi connectivity index (χ0) is 27.5. The van der Waals surface area contributed by atoms with Crippen molar-refractivity contribution in [2.24, 2.45) is 20.5 Å². The van der Waals surface area contributed by atoms with Gasteiger partial charge in [0.25, 0.3) is 20.2 Å². The standard InChI is InChI=1S/C23H23N5O7S2/c1-4-5-6-14(3)25-26-16-9-8-15-12-19(37(33,34)35)22(23(29)20(15)21(16)24)28-27-17-11-13(2)7-10-18(17)36(30,31)32/h4-12,29H,24H2,1-3H3,(H,30,31,32)(H,33,34,35)/b5-4-,14-6+,26-25?,28-27?. The Bertz CT molecular complexity index is 1730. The van der Waals surface area contributed by atoms with Crippen LogP contribution in [0.5, 0.6) is 5.75 Å². The fourth-order valence-electron chi connectivity index (χ4n) is 3.26. The minimum Gasteiger partial charge on any atom is -0.505 e. The van der Waals surface area contributed by atoms with Gasteiger partial charge in [-0.1, -0.05) is 24.3 Å². The molecule has 0 atom stereocenters. The molecule has 0 aromatic heterocycles. The van der Waals surface area contributed by atoms with Crippen molar-refractivity contribution >= 4 is 53.8 Å². The number of azo groups is 2. The first-order chi connectivity index (χ1) is 17.2. The quantitative estimate of drug-likeness (QED) is 0.121. The highest BCUT2D eigenvalue weighted by Gasteiger charge is 2.24. The second-order valence-corrected chi connectivity index (χ2v) is 10.6. The maximum Gasteiger partial charge on any atom is 0.296 e. The van der Waals surface area contributed by atoms with E-state index >= 15 is 0 Å². The molecule has 0 aliphatic heterocycles. The van der Waals surface area contributed by atoms with Gasteiger partial charge in [-0.3, -0.25) is 9.11 Å². The van der Waals surface area contributed by atoms with Gasteiger partial charge in [0.15, 0.2) is 5.75 Å². The molecule has 0 saturated carbocycles. The Hall–Kier alpha value is -3.98. The van der Waals surface area contributed by atoms with E-state index in [9.17, 15) is 31.0 Å². The van der Waals surface area contributed by atoms with Gasteiger partial charge in [0, 0.05) is 0 Å². The van der Waals surface area contributed by atoms with Crippen molar-refractivity contribution < 1.29 is 31.0 Å². The summed E-state index contributed by atoms with van der Waals surface area (Å²) < 4.78 is 66.9. The van der Waals surface area contributed by atoms with E-state index in [0.29, 0.717) is 11.3 Å². The highest BCUT2D eigenvalue weighted by Crippen LogP contribution is 2.46. The second-order valence-electron chi connectivity index (χ2n) is 7.82. The number of phenolic OH excluding ortho intramolecular Hbond substituents is 1. The van der Waals surface area contributed by atoms with Crippen molar-refractivity contribution in [1.29, 1.82) is 0 Å². The molecule has 14 heteroatoms. The molecule has 0 unspecified atom stereocenters. The Morgan fingerprint density at radius 3 is 2.22 bits per heavy atom. The van der Waals surface area contributed by atoms with Crippen LogP contribution in [0.15, 0.2) is 90.6 Å². The van der Waals surface area contributed by atoms with Crippen molar-refractivity contribution in [1.82, 2.24) is 0 Å². The summed E-state index contributed by atoms with van der Waals surface area (Å²) in [7, 11) is -9.64. The van der Waals surface area contributed by atoms with Gasteiger partial charge in [0.2, 0.25) is 0 Å². The van der Waals surface area contributed by atoms with Gasteiger partial charge >= 0.3 is 0 Å². The number of aromatic hydroxyl groups is 1.